The molecule has 0 amide bonds. The number of fused-ring (bicyclic) bond motifs is 1. The van der Waals surface area contributed by atoms with Gasteiger partial charge in [0.15, 0.2) is 11.0 Å². The van der Waals surface area contributed by atoms with Crippen molar-refractivity contribution in [3.05, 3.63) is 53.7 Å². The molecule has 3 aromatic rings. The van der Waals surface area contributed by atoms with Crippen LogP contribution < -0.4 is 10.1 Å². The van der Waals surface area contributed by atoms with Crippen LogP contribution in [0, 0.1) is 0 Å². The van der Waals surface area contributed by atoms with Gasteiger partial charge in [0.25, 0.3) is 0 Å². The van der Waals surface area contributed by atoms with Crippen molar-refractivity contribution in [3.8, 4) is 5.75 Å². The van der Waals surface area contributed by atoms with E-state index in [1.54, 1.807) is 7.11 Å². The highest BCUT2D eigenvalue weighted by atomic mass is 35.5. The summed E-state index contributed by atoms with van der Waals surface area (Å²) in [4.78, 5) is 8.80. The molecule has 20 heavy (non-hydrogen) atoms. The first-order valence-corrected chi connectivity index (χ1v) is 6.47. The molecule has 3 rings (SSSR count). The Bertz CT molecular complexity index is 761. The van der Waals surface area contributed by atoms with E-state index in [1.165, 1.54) is 0 Å². The highest BCUT2D eigenvalue weighted by Crippen LogP contribution is 2.26. The van der Waals surface area contributed by atoms with Crippen LogP contribution in [0.25, 0.3) is 11.0 Å². The van der Waals surface area contributed by atoms with Crippen LogP contribution in [0.5, 0.6) is 5.75 Å². The van der Waals surface area contributed by atoms with Crippen molar-refractivity contribution in [1.82, 2.24) is 9.97 Å². The molecular formula is C15H12ClN3O. The number of hydrogen-bond donors (Lipinski definition) is 1. The van der Waals surface area contributed by atoms with Gasteiger partial charge in [0.1, 0.15) is 5.75 Å². The zero-order valence-corrected chi connectivity index (χ0v) is 11.6. The van der Waals surface area contributed by atoms with Gasteiger partial charge in [-0.3, -0.25) is 0 Å². The summed E-state index contributed by atoms with van der Waals surface area (Å²) in [5.74, 6) is 1.29. The van der Waals surface area contributed by atoms with Crippen LogP contribution in [0.3, 0.4) is 0 Å². The maximum absolute atomic E-state index is 6.16. The molecule has 0 unspecified atom stereocenters. The number of ether oxygens (including phenoxy) is 1. The molecule has 0 bridgehead atoms. The number of methoxy groups -OCH3 is 1. The van der Waals surface area contributed by atoms with E-state index in [1.807, 2.05) is 48.5 Å². The Hall–Kier alpha value is -2.33. The quantitative estimate of drug-likeness (QED) is 0.789. The smallest absolute Gasteiger partial charge is 0.172 e. The lowest BCUT2D eigenvalue weighted by molar-refractivity contribution is 0.415. The molecular weight excluding hydrogens is 274 g/mol. The third-order valence-corrected chi connectivity index (χ3v) is 3.12. The lowest BCUT2D eigenvalue weighted by Gasteiger charge is -2.09. The summed E-state index contributed by atoms with van der Waals surface area (Å²) in [5, 5.41) is 3.49. The first-order chi connectivity index (χ1) is 9.76. The Balaban J connectivity index is 1.99. The van der Waals surface area contributed by atoms with Gasteiger partial charge in [-0.05, 0) is 24.3 Å². The highest BCUT2D eigenvalue weighted by molar-refractivity contribution is 6.32. The van der Waals surface area contributed by atoms with Crippen LogP contribution in [0.4, 0.5) is 11.5 Å². The van der Waals surface area contributed by atoms with E-state index in [-0.39, 0.29) is 0 Å². The Morgan fingerprint density at radius 1 is 1.00 bits per heavy atom. The van der Waals surface area contributed by atoms with E-state index in [2.05, 4.69) is 15.3 Å². The minimum Gasteiger partial charge on any atom is -0.497 e. The third-order valence-electron chi connectivity index (χ3n) is 2.86. The van der Waals surface area contributed by atoms with E-state index >= 15 is 0 Å². The van der Waals surface area contributed by atoms with Gasteiger partial charge in [-0.25, -0.2) is 9.97 Å². The fourth-order valence-corrected chi connectivity index (χ4v) is 2.08. The summed E-state index contributed by atoms with van der Waals surface area (Å²) in [7, 11) is 1.63. The second-order valence-corrected chi connectivity index (χ2v) is 4.57. The molecule has 0 atom stereocenters. The van der Waals surface area contributed by atoms with Crippen molar-refractivity contribution in [2.24, 2.45) is 0 Å². The van der Waals surface area contributed by atoms with Crippen molar-refractivity contribution < 1.29 is 4.74 Å². The molecule has 0 radical (unpaired) electrons. The summed E-state index contributed by atoms with van der Waals surface area (Å²) in [6.07, 6.45) is 0. The maximum Gasteiger partial charge on any atom is 0.172 e. The normalized spacial score (nSPS) is 10.5. The summed E-state index contributed by atoms with van der Waals surface area (Å²) in [6.45, 7) is 0. The number of nitrogens with one attached hydrogen (secondary N) is 1. The Morgan fingerprint density at radius 2 is 1.75 bits per heavy atom. The second kappa shape index (κ2) is 5.35. The molecule has 0 aliphatic heterocycles. The van der Waals surface area contributed by atoms with Gasteiger partial charge in [0.05, 0.1) is 18.1 Å². The Morgan fingerprint density at radius 3 is 2.50 bits per heavy atom. The summed E-state index contributed by atoms with van der Waals surface area (Å²) < 4.78 is 5.18. The molecule has 4 nitrogen and oxygen atoms in total. The van der Waals surface area contributed by atoms with E-state index < -0.39 is 0 Å². The van der Waals surface area contributed by atoms with Crippen LogP contribution in [-0.2, 0) is 0 Å². The zero-order valence-electron chi connectivity index (χ0n) is 10.8. The van der Waals surface area contributed by atoms with Crippen molar-refractivity contribution in [2.45, 2.75) is 0 Å². The molecule has 5 heteroatoms. The maximum atomic E-state index is 6.16. The Labute approximate surface area is 121 Å². The van der Waals surface area contributed by atoms with Crippen LogP contribution in [0.1, 0.15) is 0 Å². The number of hydrogen-bond acceptors (Lipinski definition) is 4. The van der Waals surface area contributed by atoms with E-state index in [4.69, 9.17) is 16.3 Å². The van der Waals surface area contributed by atoms with Gasteiger partial charge >= 0.3 is 0 Å². The number of nitrogens with zero attached hydrogens (tertiary/aromatic N) is 2. The number of halogens is 1. The van der Waals surface area contributed by atoms with Gasteiger partial charge in [0.2, 0.25) is 0 Å². The first kappa shape index (κ1) is 12.7. The SMILES string of the molecule is COc1cccc(Nc2nc3ccccc3nc2Cl)c1. The summed E-state index contributed by atoms with van der Waals surface area (Å²) in [6, 6.07) is 15.1. The molecule has 0 saturated heterocycles. The highest BCUT2D eigenvalue weighted by Gasteiger charge is 2.07. The van der Waals surface area contributed by atoms with Crippen LogP contribution in [-0.4, -0.2) is 17.1 Å². The zero-order chi connectivity index (χ0) is 13.9. The largest absolute Gasteiger partial charge is 0.497 e. The topological polar surface area (TPSA) is 47.0 Å². The average Bonchev–Trinajstić information content (AvgIpc) is 2.48. The number of para-hydroxylation sites is 2. The number of aromatic nitrogens is 2. The fourth-order valence-electron chi connectivity index (χ4n) is 1.90. The van der Waals surface area contributed by atoms with Gasteiger partial charge in [-0.2, -0.15) is 0 Å². The summed E-state index contributed by atoms with van der Waals surface area (Å²) >= 11 is 6.16. The average molecular weight is 286 g/mol. The molecule has 100 valence electrons. The number of benzene rings is 2. The molecule has 1 N–H and O–H groups in total. The predicted molar refractivity (Wildman–Crippen MR) is 80.8 cm³/mol. The van der Waals surface area contributed by atoms with E-state index in [0.717, 1.165) is 22.5 Å². The third kappa shape index (κ3) is 2.51. The fraction of sp³-hybridized carbons (Fsp3) is 0.0667. The summed E-state index contributed by atoms with van der Waals surface area (Å²) in [5.41, 5.74) is 2.41. The number of rotatable bonds is 3. The standard InChI is InChI=1S/C15H12ClN3O/c1-20-11-6-4-5-10(9-11)17-15-14(16)18-12-7-2-3-8-13(12)19-15/h2-9H,1H3,(H,17,19). The molecule has 0 fully saturated rings. The minimum absolute atomic E-state index is 0.339. The molecule has 0 spiro atoms. The molecule has 1 aromatic heterocycles. The number of anilines is 2. The molecule has 0 saturated carbocycles. The second-order valence-electron chi connectivity index (χ2n) is 4.21. The predicted octanol–water partition coefficient (Wildman–Crippen LogP) is 4.04. The lowest BCUT2D eigenvalue weighted by atomic mass is 10.3. The molecule has 2 aromatic carbocycles. The van der Waals surface area contributed by atoms with Crippen molar-refractivity contribution >= 4 is 34.1 Å². The van der Waals surface area contributed by atoms with Crippen molar-refractivity contribution in [3.63, 3.8) is 0 Å². The van der Waals surface area contributed by atoms with E-state index in [0.29, 0.717) is 11.0 Å². The monoisotopic (exact) mass is 285 g/mol. The van der Waals surface area contributed by atoms with Crippen molar-refractivity contribution in [1.29, 1.82) is 0 Å². The van der Waals surface area contributed by atoms with Gasteiger partial charge in [-0.1, -0.05) is 29.8 Å². The van der Waals surface area contributed by atoms with Gasteiger partial charge in [0, 0.05) is 11.8 Å². The van der Waals surface area contributed by atoms with Crippen LogP contribution in [0.15, 0.2) is 48.5 Å². The molecule has 1 heterocycles. The van der Waals surface area contributed by atoms with Gasteiger partial charge in [-0.15, -0.1) is 0 Å². The first-order valence-electron chi connectivity index (χ1n) is 6.09. The molecule has 0 aliphatic carbocycles. The minimum atomic E-state index is 0.339. The Kier molecular flexibility index (Phi) is 3.39. The molecule has 0 aliphatic rings. The van der Waals surface area contributed by atoms with E-state index in [9.17, 15) is 0 Å². The lowest BCUT2D eigenvalue weighted by Crippen LogP contribution is -1.97. The van der Waals surface area contributed by atoms with Crippen LogP contribution >= 0.6 is 11.6 Å². The van der Waals surface area contributed by atoms with Crippen LogP contribution in [0.2, 0.25) is 5.15 Å². The van der Waals surface area contributed by atoms with Gasteiger partial charge < -0.3 is 10.1 Å². The van der Waals surface area contributed by atoms with Crippen molar-refractivity contribution in [2.75, 3.05) is 12.4 Å².